The number of carbonyl (C=O) groups excluding carboxylic acids is 2. The molecule has 2 unspecified atom stereocenters. The van der Waals surface area contributed by atoms with Crippen LogP contribution in [0.1, 0.15) is 38.2 Å². The van der Waals surface area contributed by atoms with Gasteiger partial charge in [0.2, 0.25) is 11.8 Å². The third kappa shape index (κ3) is 6.02. The number of benzene rings is 2. The molecule has 2 fully saturated rings. The monoisotopic (exact) mass is 698 g/mol. The summed E-state index contributed by atoms with van der Waals surface area (Å²) in [6, 6.07) is 4.79. The van der Waals surface area contributed by atoms with E-state index in [1.807, 2.05) is 6.92 Å². The Morgan fingerprint density at radius 3 is 2.52 bits per heavy atom. The Kier molecular flexibility index (Phi) is 9.20. The second-order valence-corrected chi connectivity index (χ2v) is 13.2. The lowest BCUT2D eigenvalue weighted by molar-refractivity contribution is -0.121. The Labute approximate surface area is 286 Å². The SMILES string of the molecule is C=C(N=C(OC)C1=C(C)CCC1N1CC2(CCC(=O)N2)C1)c1ccc(F)c(-c2c(F)ccc(NC(=O)C3=CC=NN(C)C3O)c2Cl)c1Cl. The van der Waals surface area contributed by atoms with Gasteiger partial charge in [0.15, 0.2) is 6.23 Å². The van der Waals surface area contributed by atoms with Gasteiger partial charge in [-0.1, -0.05) is 35.4 Å². The van der Waals surface area contributed by atoms with Gasteiger partial charge in [-0.05, 0) is 56.5 Å². The number of nitrogens with one attached hydrogen (secondary N) is 2. The zero-order valence-corrected chi connectivity index (χ0v) is 28.1. The molecule has 4 aliphatic rings. The fourth-order valence-electron chi connectivity index (χ4n) is 6.81. The number of rotatable bonds is 7. The molecular weight excluding hydrogens is 665 g/mol. The van der Waals surface area contributed by atoms with Crippen molar-refractivity contribution in [2.75, 3.05) is 32.6 Å². The van der Waals surface area contributed by atoms with E-state index < -0.39 is 23.8 Å². The van der Waals surface area contributed by atoms with Gasteiger partial charge in [-0.2, -0.15) is 5.10 Å². The van der Waals surface area contributed by atoms with Crippen LogP contribution in [0.15, 0.2) is 63.7 Å². The highest BCUT2D eigenvalue weighted by Gasteiger charge is 2.51. The van der Waals surface area contributed by atoms with Gasteiger partial charge in [0.1, 0.15) is 11.6 Å². The summed E-state index contributed by atoms with van der Waals surface area (Å²) >= 11 is 13.4. The van der Waals surface area contributed by atoms with Crippen molar-refractivity contribution in [3.8, 4) is 11.1 Å². The molecule has 0 saturated carbocycles. The van der Waals surface area contributed by atoms with Crippen molar-refractivity contribution >= 4 is 58.5 Å². The van der Waals surface area contributed by atoms with E-state index in [2.05, 4.69) is 27.2 Å². The first-order valence-electron chi connectivity index (χ1n) is 15.3. The number of aliphatic hydroxyl groups excluding tert-OH is 1. The minimum absolute atomic E-state index is 0.0301. The first kappa shape index (κ1) is 33.8. The Morgan fingerprint density at radius 1 is 1.17 bits per heavy atom. The molecule has 10 nitrogen and oxygen atoms in total. The number of hydrogen-bond donors (Lipinski definition) is 3. The van der Waals surface area contributed by atoms with Crippen molar-refractivity contribution in [2.24, 2.45) is 10.1 Å². The summed E-state index contributed by atoms with van der Waals surface area (Å²) in [5.74, 6) is -2.04. The predicted molar refractivity (Wildman–Crippen MR) is 182 cm³/mol. The molecule has 48 heavy (non-hydrogen) atoms. The quantitative estimate of drug-likeness (QED) is 0.259. The number of allylic oxidation sites excluding steroid dienone is 2. The van der Waals surface area contributed by atoms with Crippen molar-refractivity contribution in [2.45, 2.75) is 50.4 Å². The molecule has 1 spiro atoms. The Hall–Kier alpha value is -4.10. The summed E-state index contributed by atoms with van der Waals surface area (Å²) < 4.78 is 36.7. The number of aliphatic hydroxyl groups is 1. The van der Waals surface area contributed by atoms with Gasteiger partial charge >= 0.3 is 0 Å². The molecule has 0 radical (unpaired) electrons. The van der Waals surface area contributed by atoms with Gasteiger partial charge in [0.05, 0.1) is 39.7 Å². The fraction of sp³-hybridized carbons (Fsp3) is 0.353. The van der Waals surface area contributed by atoms with Crippen molar-refractivity contribution in [3.63, 3.8) is 0 Å². The second kappa shape index (κ2) is 13.1. The van der Waals surface area contributed by atoms with Crippen LogP contribution >= 0.6 is 23.2 Å². The van der Waals surface area contributed by atoms with Crippen LogP contribution in [0.4, 0.5) is 14.5 Å². The molecule has 3 N–H and O–H groups in total. The molecule has 2 amide bonds. The molecule has 6 rings (SSSR count). The first-order chi connectivity index (χ1) is 22.8. The van der Waals surface area contributed by atoms with E-state index in [0.29, 0.717) is 12.3 Å². The summed E-state index contributed by atoms with van der Waals surface area (Å²) in [7, 11) is 3.00. The van der Waals surface area contributed by atoms with E-state index in [1.165, 1.54) is 43.6 Å². The second-order valence-electron chi connectivity index (χ2n) is 12.4. The van der Waals surface area contributed by atoms with E-state index >= 15 is 8.78 Å². The molecule has 2 aromatic rings. The van der Waals surface area contributed by atoms with E-state index in [4.69, 9.17) is 32.9 Å². The molecule has 14 heteroatoms. The lowest BCUT2D eigenvalue weighted by atomic mass is 9.85. The van der Waals surface area contributed by atoms with Crippen LogP contribution in [0.2, 0.25) is 10.0 Å². The first-order valence-corrected chi connectivity index (χ1v) is 16.1. The molecule has 3 heterocycles. The number of methoxy groups -OCH3 is 1. The number of ether oxygens (including phenoxy) is 1. The van der Waals surface area contributed by atoms with Crippen LogP contribution in [-0.2, 0) is 14.3 Å². The number of carbonyl (C=O) groups is 2. The highest BCUT2D eigenvalue weighted by atomic mass is 35.5. The van der Waals surface area contributed by atoms with Gasteiger partial charge in [-0.25, -0.2) is 13.8 Å². The predicted octanol–water partition coefficient (Wildman–Crippen LogP) is 5.51. The van der Waals surface area contributed by atoms with Crippen LogP contribution in [-0.4, -0.2) is 84.0 Å². The maximum atomic E-state index is 15.5. The molecule has 2 aromatic carbocycles. The van der Waals surface area contributed by atoms with Gasteiger partial charge < -0.3 is 20.5 Å². The molecule has 2 atom stereocenters. The number of hydrogen-bond acceptors (Lipinski definition) is 8. The summed E-state index contributed by atoms with van der Waals surface area (Å²) in [5.41, 5.74) is 1.44. The molecule has 252 valence electrons. The zero-order valence-electron chi connectivity index (χ0n) is 26.5. The van der Waals surface area contributed by atoms with Crippen LogP contribution in [0.25, 0.3) is 16.8 Å². The topological polar surface area (TPSA) is 119 Å². The zero-order chi connectivity index (χ0) is 34.5. The molecule has 1 aliphatic carbocycles. The standard InChI is InChI=1S/C34H34Cl2F2N6O4/c1-17-5-10-24(44-15-34(16-44)13-11-25(45)42-34)26(17)32(48-4)40-18(2)19-6-7-21(37)27(29(19)35)28-22(38)8-9-23(30(28)36)41-31(46)20-12-14-39-43(3)33(20)47/h6-9,12,14,24,33,47H,2,5,10-11,13,15-16H2,1,3-4H3,(H,41,46)(H,42,45). The maximum Gasteiger partial charge on any atom is 0.256 e. The van der Waals surface area contributed by atoms with Crippen LogP contribution in [0, 0.1) is 11.6 Å². The Morgan fingerprint density at radius 2 is 1.85 bits per heavy atom. The number of anilines is 1. The maximum absolute atomic E-state index is 15.5. The summed E-state index contributed by atoms with van der Waals surface area (Å²) in [4.78, 5) is 31.8. The van der Waals surface area contributed by atoms with Crippen LogP contribution < -0.4 is 10.6 Å². The van der Waals surface area contributed by atoms with Crippen LogP contribution in [0.3, 0.4) is 0 Å². The van der Waals surface area contributed by atoms with Crippen molar-refractivity contribution < 1.29 is 28.2 Å². The number of likely N-dealkylation sites (N-methyl/N-ethyl adjacent to an activating group) is 1. The molecular formula is C34H34Cl2F2N6O4. The van der Waals surface area contributed by atoms with Gasteiger partial charge in [-0.3, -0.25) is 19.5 Å². The molecule has 0 bridgehead atoms. The van der Waals surface area contributed by atoms with Crippen molar-refractivity contribution in [3.05, 3.63) is 80.9 Å². The molecule has 0 aromatic heterocycles. The van der Waals surface area contributed by atoms with E-state index in [1.54, 1.807) is 0 Å². The van der Waals surface area contributed by atoms with E-state index in [0.717, 1.165) is 55.6 Å². The van der Waals surface area contributed by atoms with Gasteiger partial charge in [0.25, 0.3) is 5.91 Å². The minimum atomic E-state index is -1.32. The third-order valence-electron chi connectivity index (χ3n) is 9.32. The smallest absolute Gasteiger partial charge is 0.256 e. The summed E-state index contributed by atoms with van der Waals surface area (Å²) in [6.45, 7) is 7.58. The lowest BCUT2D eigenvalue weighted by Crippen LogP contribution is -2.69. The Balaban J connectivity index is 1.29. The average Bonchev–Trinajstić information content (AvgIpc) is 3.61. The van der Waals surface area contributed by atoms with Crippen molar-refractivity contribution in [1.82, 2.24) is 15.2 Å². The minimum Gasteiger partial charge on any atom is -0.481 e. The number of aliphatic imine (C=N–C) groups is 1. The normalized spacial score (nSPS) is 22.2. The lowest BCUT2D eigenvalue weighted by Gasteiger charge is -2.51. The Bertz CT molecular complexity index is 1850. The van der Waals surface area contributed by atoms with Crippen molar-refractivity contribution in [1.29, 1.82) is 0 Å². The average molecular weight is 700 g/mol. The van der Waals surface area contributed by atoms with E-state index in [9.17, 15) is 14.7 Å². The molecule has 3 aliphatic heterocycles. The highest BCUT2D eigenvalue weighted by molar-refractivity contribution is 6.39. The number of likely N-dealkylation sites (tertiary alicyclic amines) is 1. The third-order valence-corrected chi connectivity index (χ3v) is 10.1. The largest absolute Gasteiger partial charge is 0.481 e. The number of hydrazone groups is 1. The number of amides is 2. The number of nitrogens with zero attached hydrogens (tertiary/aromatic N) is 4. The number of halogens is 4. The summed E-state index contributed by atoms with van der Waals surface area (Å²) in [5, 5.41) is 20.6. The molecule has 2 saturated heterocycles. The van der Waals surface area contributed by atoms with E-state index in [-0.39, 0.29) is 61.2 Å². The van der Waals surface area contributed by atoms with Gasteiger partial charge in [-0.15, -0.1) is 0 Å². The van der Waals surface area contributed by atoms with Crippen LogP contribution in [0.5, 0.6) is 0 Å². The van der Waals surface area contributed by atoms with Gasteiger partial charge in [0, 0.05) is 61.1 Å². The fourth-order valence-corrected chi connectivity index (χ4v) is 7.46. The highest BCUT2D eigenvalue weighted by Crippen LogP contribution is 2.44. The summed E-state index contributed by atoms with van der Waals surface area (Å²) in [6.07, 6.45) is 4.41.